The molecule has 0 nitrogen and oxygen atoms in total. The fourth-order valence-corrected chi connectivity index (χ4v) is 6.62. The summed E-state index contributed by atoms with van der Waals surface area (Å²) in [5.41, 5.74) is 2.83. The molecule has 0 N–H and O–H groups in total. The van der Waals surface area contributed by atoms with Gasteiger partial charge in [-0.25, -0.2) is 0 Å². The maximum atomic E-state index is 2.42. The van der Waals surface area contributed by atoms with Crippen molar-refractivity contribution in [3.05, 3.63) is 77.2 Å². The van der Waals surface area contributed by atoms with Crippen molar-refractivity contribution in [3.8, 4) is 0 Å². The Kier molecular flexibility index (Phi) is 8.04. The van der Waals surface area contributed by atoms with Crippen LogP contribution in [-0.2, 0) is 5.75 Å². The van der Waals surface area contributed by atoms with E-state index in [0.717, 1.165) is 5.75 Å². The maximum absolute atomic E-state index is 2.42. The van der Waals surface area contributed by atoms with Crippen molar-refractivity contribution in [2.75, 3.05) is 0 Å². The summed E-state index contributed by atoms with van der Waals surface area (Å²) >= 11 is 1.88. The normalized spacial score (nSPS) is 11.6. The van der Waals surface area contributed by atoms with E-state index in [-0.39, 0.29) is 20.9 Å². The molecule has 0 aliphatic carbocycles. The number of benzene rings is 2. The third kappa shape index (κ3) is 6.30. The molecule has 0 aromatic heterocycles. The topological polar surface area (TPSA) is 0 Å². The van der Waals surface area contributed by atoms with Crippen LogP contribution in [0, 0.1) is 0 Å². The van der Waals surface area contributed by atoms with Crippen LogP contribution in [0.15, 0.2) is 66.1 Å². The predicted octanol–water partition coefficient (Wildman–Crippen LogP) is 5.84. The molecular weight excluding hydrogens is 388 g/mol. The molecule has 0 saturated heterocycles. The van der Waals surface area contributed by atoms with Crippen molar-refractivity contribution in [3.63, 3.8) is 0 Å². The molecule has 0 fully saturated rings. The fraction of sp³-hybridized carbons (Fsp3) is 0.263. The molecule has 2 rings (SSSR count). The molecule has 0 bridgehead atoms. The van der Waals surface area contributed by atoms with Crippen LogP contribution in [0.2, 0.25) is 4.47 Å². The van der Waals surface area contributed by atoms with Gasteiger partial charge in [0.25, 0.3) is 0 Å². The first kappa shape index (κ1) is 16.7. The van der Waals surface area contributed by atoms with E-state index in [1.807, 2.05) is 11.8 Å². The molecule has 110 valence electrons. The van der Waals surface area contributed by atoms with E-state index in [9.17, 15) is 0 Å². The molecule has 0 saturated carbocycles. The zero-order valence-corrected chi connectivity index (χ0v) is 15.6. The van der Waals surface area contributed by atoms with E-state index in [0.29, 0.717) is 0 Å². The summed E-state index contributed by atoms with van der Waals surface area (Å²) in [4.78, 5) is 0. The van der Waals surface area contributed by atoms with Gasteiger partial charge in [0.1, 0.15) is 0 Å². The summed E-state index contributed by atoms with van der Waals surface area (Å²) in [6.45, 7) is 2.28. The van der Waals surface area contributed by atoms with Crippen LogP contribution in [0.25, 0.3) is 3.62 Å². The van der Waals surface area contributed by atoms with E-state index >= 15 is 0 Å². The van der Waals surface area contributed by atoms with Crippen LogP contribution in [0.4, 0.5) is 0 Å². The fourth-order valence-electron chi connectivity index (χ4n) is 1.90. The molecule has 2 heteroatoms. The van der Waals surface area contributed by atoms with Gasteiger partial charge in [0.05, 0.1) is 0 Å². The molecule has 0 unspecified atom stereocenters. The van der Waals surface area contributed by atoms with Crippen molar-refractivity contribution in [2.45, 2.75) is 30.0 Å². The first-order valence-corrected chi connectivity index (χ1v) is 11.3. The van der Waals surface area contributed by atoms with Crippen molar-refractivity contribution in [1.29, 1.82) is 0 Å². The quantitative estimate of drug-likeness (QED) is 0.389. The van der Waals surface area contributed by atoms with Crippen LogP contribution in [-0.4, -0.2) is 20.9 Å². The number of thioether (sulfide) groups is 1. The van der Waals surface area contributed by atoms with Crippen LogP contribution < -0.4 is 0 Å². The summed E-state index contributed by atoms with van der Waals surface area (Å²) in [5, 5.41) is 2.42. The number of unbranched alkanes of at least 4 members (excludes halogenated alkanes) is 1. The van der Waals surface area contributed by atoms with Gasteiger partial charge in [-0.3, -0.25) is 0 Å². The van der Waals surface area contributed by atoms with Crippen LogP contribution in [0.1, 0.15) is 30.9 Å². The Hall–Kier alpha value is -0.680. The second kappa shape index (κ2) is 10.1. The van der Waals surface area contributed by atoms with E-state index in [2.05, 4.69) is 73.0 Å². The third-order valence-corrected chi connectivity index (χ3v) is 7.77. The minimum atomic E-state index is -0.0591. The molecule has 2 aromatic rings. The van der Waals surface area contributed by atoms with E-state index in [1.54, 1.807) is 3.62 Å². The Morgan fingerprint density at radius 2 is 1.67 bits per heavy atom. The van der Waals surface area contributed by atoms with Gasteiger partial charge in [0.2, 0.25) is 0 Å². The van der Waals surface area contributed by atoms with Gasteiger partial charge in [-0.2, -0.15) is 0 Å². The molecule has 0 atom stereocenters. The Morgan fingerprint density at radius 1 is 1.00 bits per heavy atom. The van der Waals surface area contributed by atoms with Crippen LogP contribution in [0.5, 0.6) is 0 Å². The summed E-state index contributed by atoms with van der Waals surface area (Å²) in [5.74, 6) is 1.07. The zero-order valence-electron chi connectivity index (χ0n) is 12.5. The monoisotopic (exact) mass is 412 g/mol. The molecule has 0 aliphatic heterocycles. The summed E-state index contributed by atoms with van der Waals surface area (Å²) in [6.07, 6.45) is 2.68. The van der Waals surface area contributed by atoms with E-state index in [4.69, 9.17) is 0 Å². The van der Waals surface area contributed by atoms with Gasteiger partial charge < -0.3 is 0 Å². The van der Waals surface area contributed by atoms with Crippen LogP contribution in [0.3, 0.4) is 0 Å². The molecule has 0 aliphatic rings. The van der Waals surface area contributed by atoms with Crippen molar-refractivity contribution in [2.24, 2.45) is 0 Å². The van der Waals surface area contributed by atoms with Crippen molar-refractivity contribution < 1.29 is 0 Å². The molecule has 21 heavy (non-hydrogen) atoms. The number of hydrogen-bond donors (Lipinski definition) is 0. The minimum absolute atomic E-state index is 0.0591. The van der Waals surface area contributed by atoms with Gasteiger partial charge in [-0.1, -0.05) is 0 Å². The average molecular weight is 410 g/mol. The second-order valence-electron chi connectivity index (χ2n) is 4.85. The SMILES string of the molecule is CCCC[Te]/C(=C\SCc1ccccc1)c1ccccc1. The summed E-state index contributed by atoms with van der Waals surface area (Å²) in [6, 6.07) is 21.6. The average Bonchev–Trinajstić information content (AvgIpc) is 2.55. The zero-order chi connectivity index (χ0) is 14.8. The Morgan fingerprint density at radius 3 is 2.33 bits per heavy atom. The molecule has 0 radical (unpaired) electrons. The summed E-state index contributed by atoms with van der Waals surface area (Å²) < 4.78 is 3.02. The standard InChI is InChI=1S/C19H22STe/c1-2-3-14-21-19(18-12-8-5-9-13-18)16-20-15-17-10-6-4-7-11-17/h4-13,16H,2-3,14-15H2,1H3/b19-16-. The third-order valence-electron chi connectivity index (χ3n) is 3.10. The molecule has 0 amide bonds. The van der Waals surface area contributed by atoms with E-state index < -0.39 is 0 Å². The van der Waals surface area contributed by atoms with Crippen molar-refractivity contribution >= 4 is 36.3 Å². The van der Waals surface area contributed by atoms with E-state index in [1.165, 1.54) is 28.4 Å². The molecule has 0 spiro atoms. The Bertz CT molecular complexity index is 534. The second-order valence-corrected chi connectivity index (χ2v) is 8.95. The predicted molar refractivity (Wildman–Crippen MR) is 97.6 cm³/mol. The first-order valence-electron chi connectivity index (χ1n) is 7.44. The van der Waals surface area contributed by atoms with Gasteiger partial charge >= 0.3 is 143 Å². The molecule has 2 aromatic carbocycles. The molecular formula is C19H22STe. The molecule has 0 heterocycles. The number of rotatable bonds is 8. The first-order chi connectivity index (χ1) is 10.4. The Labute approximate surface area is 143 Å². The van der Waals surface area contributed by atoms with Gasteiger partial charge in [-0.15, -0.1) is 0 Å². The van der Waals surface area contributed by atoms with Gasteiger partial charge in [0, 0.05) is 0 Å². The van der Waals surface area contributed by atoms with Gasteiger partial charge in [-0.05, 0) is 0 Å². The van der Waals surface area contributed by atoms with Crippen molar-refractivity contribution in [1.82, 2.24) is 0 Å². The van der Waals surface area contributed by atoms with Gasteiger partial charge in [0.15, 0.2) is 0 Å². The summed E-state index contributed by atoms with van der Waals surface area (Å²) in [7, 11) is 0. The van der Waals surface area contributed by atoms with Crippen LogP contribution >= 0.6 is 11.8 Å². The number of hydrogen-bond acceptors (Lipinski definition) is 1. The Balaban J connectivity index is 1.99.